The first-order valence-electron chi connectivity index (χ1n) is 8.52. The van der Waals surface area contributed by atoms with Gasteiger partial charge in [0.2, 0.25) is 5.91 Å². The lowest BCUT2D eigenvalue weighted by atomic mass is 10.00. The maximum Gasteiger partial charge on any atom is 0.420 e. The molecule has 0 bridgehead atoms. The van der Waals surface area contributed by atoms with Gasteiger partial charge in [0.05, 0.1) is 5.52 Å². The highest BCUT2D eigenvalue weighted by atomic mass is 16.4. The zero-order valence-corrected chi connectivity index (χ0v) is 14.4. The zero-order chi connectivity index (χ0) is 18.3. The van der Waals surface area contributed by atoms with E-state index in [1.54, 1.807) is 17.0 Å². The number of rotatable bonds is 3. The fraction of sp³-hybridized carbons (Fsp3) is 0.250. The van der Waals surface area contributed by atoms with Crippen LogP contribution in [0.15, 0.2) is 51.7 Å². The first-order chi connectivity index (χ1) is 12.5. The van der Waals surface area contributed by atoms with Gasteiger partial charge in [0.1, 0.15) is 6.54 Å². The Hall–Kier alpha value is -3.15. The predicted molar refractivity (Wildman–Crippen MR) is 96.0 cm³/mol. The molecule has 0 atom stereocenters. The Balaban J connectivity index is 1.59. The molecule has 6 nitrogen and oxygen atoms in total. The van der Waals surface area contributed by atoms with E-state index in [-0.39, 0.29) is 18.2 Å². The Labute approximate surface area is 149 Å². The lowest BCUT2D eigenvalue weighted by molar-refractivity contribution is -0.132. The van der Waals surface area contributed by atoms with Crippen molar-refractivity contribution in [2.45, 2.75) is 26.4 Å². The normalized spacial score (nSPS) is 13.7. The zero-order valence-electron chi connectivity index (χ0n) is 14.4. The molecule has 2 aromatic carbocycles. The lowest BCUT2D eigenvalue weighted by Crippen LogP contribution is -2.39. The second-order valence-corrected chi connectivity index (χ2v) is 6.53. The number of fused-ring (bicyclic) bond motifs is 2. The number of hydrogen-bond donors (Lipinski definition) is 0. The summed E-state index contributed by atoms with van der Waals surface area (Å²) in [7, 11) is 0. The van der Waals surface area contributed by atoms with Crippen molar-refractivity contribution in [3.63, 3.8) is 0 Å². The monoisotopic (exact) mass is 350 g/mol. The number of carbonyl (C=O) groups is 2. The van der Waals surface area contributed by atoms with Crippen molar-refractivity contribution in [3.8, 4) is 0 Å². The molecule has 4 rings (SSSR count). The van der Waals surface area contributed by atoms with Crippen molar-refractivity contribution < 1.29 is 14.0 Å². The van der Waals surface area contributed by atoms with E-state index < -0.39 is 5.76 Å². The van der Waals surface area contributed by atoms with Crippen LogP contribution < -0.4 is 5.76 Å². The highest BCUT2D eigenvalue weighted by molar-refractivity contribution is 5.97. The summed E-state index contributed by atoms with van der Waals surface area (Å²) in [5.74, 6) is -0.822. The van der Waals surface area contributed by atoms with E-state index in [9.17, 15) is 14.4 Å². The van der Waals surface area contributed by atoms with Gasteiger partial charge in [0.25, 0.3) is 0 Å². The molecule has 0 saturated carbocycles. The Kier molecular flexibility index (Phi) is 3.95. The first-order valence-corrected chi connectivity index (χ1v) is 8.52. The summed E-state index contributed by atoms with van der Waals surface area (Å²) in [5.41, 5.74) is 3.71. The average Bonchev–Trinajstić information content (AvgIpc) is 2.95. The van der Waals surface area contributed by atoms with E-state index in [1.807, 2.05) is 18.2 Å². The van der Waals surface area contributed by atoms with E-state index in [0.717, 1.165) is 12.0 Å². The molecule has 132 valence electrons. The van der Waals surface area contributed by atoms with Crippen LogP contribution in [0.4, 0.5) is 0 Å². The standard InChI is InChI=1S/C20H18N2O4/c1-13(23)15-6-7-17-18(10-15)26-20(25)22(17)12-19(24)21-9-8-14-4-2-3-5-16(14)11-21/h2-7,10H,8-9,11-12H2,1H3. The van der Waals surface area contributed by atoms with Gasteiger partial charge in [-0.3, -0.25) is 14.2 Å². The van der Waals surface area contributed by atoms with E-state index in [2.05, 4.69) is 6.07 Å². The smallest absolute Gasteiger partial charge is 0.408 e. The molecule has 0 aliphatic carbocycles. The van der Waals surface area contributed by atoms with E-state index >= 15 is 0 Å². The molecule has 2 heterocycles. The molecule has 3 aromatic rings. The van der Waals surface area contributed by atoms with Gasteiger partial charge in [0.15, 0.2) is 11.4 Å². The molecule has 0 unspecified atom stereocenters. The van der Waals surface area contributed by atoms with Gasteiger partial charge in [-0.05, 0) is 42.7 Å². The molecule has 0 spiro atoms. The van der Waals surface area contributed by atoms with Gasteiger partial charge >= 0.3 is 5.76 Å². The third-order valence-corrected chi connectivity index (χ3v) is 4.85. The van der Waals surface area contributed by atoms with Crippen molar-refractivity contribution in [3.05, 3.63) is 69.7 Å². The minimum atomic E-state index is -0.591. The lowest BCUT2D eigenvalue weighted by Gasteiger charge is -2.28. The second kappa shape index (κ2) is 6.29. The van der Waals surface area contributed by atoms with Crippen LogP contribution >= 0.6 is 0 Å². The van der Waals surface area contributed by atoms with E-state index in [1.165, 1.54) is 23.1 Å². The van der Waals surface area contributed by atoms with Crippen molar-refractivity contribution >= 4 is 22.8 Å². The highest BCUT2D eigenvalue weighted by Gasteiger charge is 2.22. The van der Waals surface area contributed by atoms with Gasteiger partial charge in [-0.25, -0.2) is 4.79 Å². The molecule has 26 heavy (non-hydrogen) atoms. The number of ketones is 1. The quantitative estimate of drug-likeness (QED) is 0.680. The second-order valence-electron chi connectivity index (χ2n) is 6.53. The van der Waals surface area contributed by atoms with Gasteiger partial charge in [0, 0.05) is 18.7 Å². The molecule has 1 aliphatic rings. The molecular formula is C20H18N2O4. The number of nitrogens with zero attached hydrogens (tertiary/aromatic N) is 2. The summed E-state index contributed by atoms with van der Waals surface area (Å²) in [4.78, 5) is 38.1. The van der Waals surface area contributed by atoms with Crippen molar-refractivity contribution in [1.82, 2.24) is 9.47 Å². The van der Waals surface area contributed by atoms with Crippen LogP contribution in [0.5, 0.6) is 0 Å². The number of hydrogen-bond acceptors (Lipinski definition) is 4. The SMILES string of the molecule is CC(=O)c1ccc2c(c1)oc(=O)n2CC(=O)N1CCc2ccccc2C1. The minimum Gasteiger partial charge on any atom is -0.408 e. The van der Waals surface area contributed by atoms with Crippen LogP contribution in [0.3, 0.4) is 0 Å². The van der Waals surface area contributed by atoms with Gasteiger partial charge < -0.3 is 9.32 Å². The fourth-order valence-electron chi connectivity index (χ4n) is 3.38. The fourth-order valence-corrected chi connectivity index (χ4v) is 3.38. The number of oxazole rings is 1. The first kappa shape index (κ1) is 16.3. The van der Waals surface area contributed by atoms with Crippen LogP contribution in [0.1, 0.15) is 28.4 Å². The summed E-state index contributed by atoms with van der Waals surface area (Å²) < 4.78 is 6.54. The summed E-state index contributed by atoms with van der Waals surface area (Å²) in [5, 5.41) is 0. The molecule has 6 heteroatoms. The van der Waals surface area contributed by atoms with Crippen LogP contribution in [0.25, 0.3) is 11.1 Å². The predicted octanol–water partition coefficient (Wildman–Crippen LogP) is 2.38. The summed E-state index contributed by atoms with van der Waals surface area (Å²) in [6.45, 7) is 2.56. The van der Waals surface area contributed by atoms with Crippen molar-refractivity contribution in [1.29, 1.82) is 0 Å². The van der Waals surface area contributed by atoms with Crippen molar-refractivity contribution in [2.75, 3.05) is 6.54 Å². The number of amides is 1. The summed E-state index contributed by atoms with van der Waals surface area (Å²) in [6, 6.07) is 12.9. The molecule has 1 aliphatic heterocycles. The Morgan fingerprint density at radius 1 is 1.12 bits per heavy atom. The molecule has 1 aromatic heterocycles. The van der Waals surface area contributed by atoms with Crippen LogP contribution in [0.2, 0.25) is 0 Å². The maximum absolute atomic E-state index is 12.7. The Bertz CT molecular complexity index is 1080. The molecular weight excluding hydrogens is 332 g/mol. The summed E-state index contributed by atoms with van der Waals surface area (Å²) >= 11 is 0. The molecule has 0 N–H and O–H groups in total. The average molecular weight is 350 g/mol. The summed E-state index contributed by atoms with van der Waals surface area (Å²) in [6.07, 6.45) is 0.810. The van der Waals surface area contributed by atoms with Crippen LogP contribution in [0, 0.1) is 0 Å². The molecule has 0 saturated heterocycles. The van der Waals surface area contributed by atoms with Crippen molar-refractivity contribution in [2.24, 2.45) is 0 Å². The number of benzene rings is 2. The van der Waals surface area contributed by atoms with E-state index in [4.69, 9.17) is 4.42 Å². The largest absolute Gasteiger partial charge is 0.420 e. The Morgan fingerprint density at radius 3 is 2.65 bits per heavy atom. The molecule has 0 fully saturated rings. The van der Waals surface area contributed by atoms with Gasteiger partial charge in [-0.1, -0.05) is 24.3 Å². The highest BCUT2D eigenvalue weighted by Crippen LogP contribution is 2.20. The Morgan fingerprint density at radius 2 is 1.88 bits per heavy atom. The van der Waals surface area contributed by atoms with E-state index in [0.29, 0.717) is 29.8 Å². The topological polar surface area (TPSA) is 72.5 Å². The number of aromatic nitrogens is 1. The van der Waals surface area contributed by atoms with Gasteiger partial charge in [-0.15, -0.1) is 0 Å². The van der Waals surface area contributed by atoms with Gasteiger partial charge in [-0.2, -0.15) is 0 Å². The van der Waals surface area contributed by atoms with Crippen LogP contribution in [-0.2, 0) is 24.3 Å². The third kappa shape index (κ3) is 2.83. The number of Topliss-reactive ketones (excluding diaryl/α,β-unsaturated/α-hetero) is 1. The number of carbonyl (C=O) groups excluding carboxylic acids is 2. The minimum absolute atomic E-state index is 0.0760. The molecule has 1 amide bonds. The van der Waals surface area contributed by atoms with Crippen LogP contribution in [-0.4, -0.2) is 27.7 Å². The third-order valence-electron chi connectivity index (χ3n) is 4.85. The molecule has 0 radical (unpaired) electrons. The maximum atomic E-state index is 12.7.